The molecule has 0 unspecified atom stereocenters. The van der Waals surface area contributed by atoms with E-state index in [1.807, 2.05) is 24.3 Å². The lowest BCUT2D eigenvalue weighted by molar-refractivity contribution is -0.116. The van der Waals surface area contributed by atoms with Gasteiger partial charge in [-0.15, -0.1) is 0 Å². The highest BCUT2D eigenvalue weighted by Gasteiger charge is 2.09. The minimum Gasteiger partial charge on any atom is -0.399 e. The molecule has 0 aliphatic carbocycles. The van der Waals surface area contributed by atoms with Crippen molar-refractivity contribution in [1.82, 2.24) is 9.97 Å². The van der Waals surface area contributed by atoms with Crippen LogP contribution in [0.1, 0.15) is 12.0 Å². The lowest BCUT2D eigenvalue weighted by atomic mass is 10.1. The molecule has 1 heterocycles. The smallest absolute Gasteiger partial charge is 0.225 e. The zero-order chi connectivity index (χ0) is 14.5. The molecule has 0 saturated heterocycles. The number of nitrogen functional groups attached to an aromatic ring is 1. The number of halogens is 2. The molecule has 0 radical (unpaired) electrons. The number of aryl methyl sites for hydroxylation is 1. The van der Waals surface area contributed by atoms with Crippen molar-refractivity contribution in [2.45, 2.75) is 12.8 Å². The molecule has 0 bridgehead atoms. The van der Waals surface area contributed by atoms with Gasteiger partial charge >= 0.3 is 0 Å². The zero-order valence-electron chi connectivity index (χ0n) is 10.4. The van der Waals surface area contributed by atoms with Crippen LogP contribution in [0.15, 0.2) is 39.7 Å². The second-order valence-electron chi connectivity index (χ2n) is 4.08. The second-order valence-corrected chi connectivity index (χ2v) is 5.64. The van der Waals surface area contributed by atoms with E-state index in [-0.39, 0.29) is 5.91 Å². The van der Waals surface area contributed by atoms with Gasteiger partial charge in [0.15, 0.2) is 5.82 Å². The van der Waals surface area contributed by atoms with Gasteiger partial charge in [0.05, 0.1) is 6.20 Å². The third-order valence-electron chi connectivity index (χ3n) is 2.63. The van der Waals surface area contributed by atoms with Gasteiger partial charge in [-0.1, -0.05) is 18.2 Å². The fourth-order valence-electron chi connectivity index (χ4n) is 1.64. The van der Waals surface area contributed by atoms with Crippen molar-refractivity contribution < 1.29 is 4.79 Å². The van der Waals surface area contributed by atoms with Crippen LogP contribution in [0, 0.1) is 0 Å². The van der Waals surface area contributed by atoms with Crippen LogP contribution in [-0.2, 0) is 11.2 Å². The number of nitrogens with two attached hydrogens (primary N) is 1. The minimum absolute atomic E-state index is 0.134. The van der Waals surface area contributed by atoms with Gasteiger partial charge in [0.25, 0.3) is 0 Å². The molecule has 7 heteroatoms. The van der Waals surface area contributed by atoms with Crippen LogP contribution in [0.4, 0.5) is 11.5 Å². The van der Waals surface area contributed by atoms with E-state index >= 15 is 0 Å². The summed E-state index contributed by atoms with van der Waals surface area (Å²) in [5.41, 5.74) is 7.49. The summed E-state index contributed by atoms with van der Waals surface area (Å²) in [7, 11) is 0. The van der Waals surface area contributed by atoms with Crippen LogP contribution in [-0.4, -0.2) is 15.9 Å². The fourth-order valence-corrected chi connectivity index (χ4v) is 2.55. The van der Waals surface area contributed by atoms with Gasteiger partial charge in [0.1, 0.15) is 9.21 Å². The van der Waals surface area contributed by atoms with Gasteiger partial charge < -0.3 is 11.1 Å². The third kappa shape index (κ3) is 4.01. The summed E-state index contributed by atoms with van der Waals surface area (Å²) in [4.78, 5) is 20.1. The average Bonchev–Trinajstić information content (AvgIpc) is 2.41. The summed E-state index contributed by atoms with van der Waals surface area (Å²) in [5.74, 6) is 0.268. The zero-order valence-corrected chi connectivity index (χ0v) is 13.6. The molecule has 2 aromatic rings. The van der Waals surface area contributed by atoms with Gasteiger partial charge in [0, 0.05) is 12.1 Å². The lowest BCUT2D eigenvalue weighted by Gasteiger charge is -2.07. The van der Waals surface area contributed by atoms with Crippen molar-refractivity contribution in [2.75, 3.05) is 11.1 Å². The molecular formula is C13H12Br2N4O. The standard InChI is InChI=1S/C13H12Br2N4O/c14-10-7-17-13(12(15)18-10)19-11(20)6-5-8-3-1-2-4-9(8)16/h1-4,7H,5-6,16H2,(H,17,19,20). The van der Waals surface area contributed by atoms with E-state index in [9.17, 15) is 4.79 Å². The molecule has 1 aromatic carbocycles. The highest BCUT2D eigenvalue weighted by Crippen LogP contribution is 2.20. The summed E-state index contributed by atoms with van der Waals surface area (Å²) < 4.78 is 1.08. The lowest BCUT2D eigenvalue weighted by Crippen LogP contribution is -2.14. The molecule has 5 nitrogen and oxygen atoms in total. The molecule has 0 aliphatic rings. The predicted molar refractivity (Wildman–Crippen MR) is 85.2 cm³/mol. The van der Waals surface area contributed by atoms with Crippen LogP contribution >= 0.6 is 31.9 Å². The number of nitrogens with one attached hydrogen (secondary N) is 1. The number of nitrogens with zero attached hydrogens (tertiary/aromatic N) is 2. The van der Waals surface area contributed by atoms with Crippen LogP contribution in [0.25, 0.3) is 0 Å². The quantitative estimate of drug-likeness (QED) is 0.773. The predicted octanol–water partition coefficient (Wildman–Crippen LogP) is 3.16. The van der Waals surface area contributed by atoms with Crippen molar-refractivity contribution in [3.63, 3.8) is 0 Å². The number of carbonyl (C=O) groups is 1. The highest BCUT2D eigenvalue weighted by molar-refractivity contribution is 9.11. The first kappa shape index (κ1) is 14.9. The highest BCUT2D eigenvalue weighted by atomic mass is 79.9. The summed E-state index contributed by atoms with van der Waals surface area (Å²) in [5, 5.41) is 2.71. The maximum absolute atomic E-state index is 11.9. The van der Waals surface area contributed by atoms with E-state index in [4.69, 9.17) is 5.73 Å². The molecule has 1 amide bonds. The summed E-state index contributed by atoms with van der Waals surface area (Å²) in [6.45, 7) is 0. The molecule has 0 spiro atoms. The Balaban J connectivity index is 1.94. The first-order chi connectivity index (χ1) is 9.56. The number of hydrogen-bond acceptors (Lipinski definition) is 4. The topological polar surface area (TPSA) is 80.9 Å². The SMILES string of the molecule is Nc1ccccc1CCC(=O)Nc1ncc(Br)nc1Br. The molecule has 0 fully saturated rings. The van der Waals surface area contributed by atoms with E-state index in [2.05, 4.69) is 47.1 Å². The van der Waals surface area contributed by atoms with Gasteiger partial charge in [-0.05, 0) is 49.9 Å². The molecule has 0 aliphatic heterocycles. The number of anilines is 2. The Kier molecular flexibility index (Phi) is 5.08. The third-order valence-corrected chi connectivity index (χ3v) is 3.57. The fraction of sp³-hybridized carbons (Fsp3) is 0.154. The van der Waals surface area contributed by atoms with E-state index in [1.165, 1.54) is 6.20 Å². The van der Waals surface area contributed by atoms with E-state index in [1.54, 1.807) is 0 Å². The molecule has 0 saturated carbocycles. The number of rotatable bonds is 4. The van der Waals surface area contributed by atoms with Crippen molar-refractivity contribution in [1.29, 1.82) is 0 Å². The molecule has 20 heavy (non-hydrogen) atoms. The molecule has 3 N–H and O–H groups in total. The molecule has 0 atom stereocenters. The van der Waals surface area contributed by atoms with Crippen LogP contribution in [0.5, 0.6) is 0 Å². The monoisotopic (exact) mass is 398 g/mol. The first-order valence-electron chi connectivity index (χ1n) is 5.87. The molecule has 2 rings (SSSR count). The van der Waals surface area contributed by atoms with Crippen LogP contribution in [0.2, 0.25) is 0 Å². The Labute approximate surface area is 133 Å². The largest absolute Gasteiger partial charge is 0.399 e. The molecule has 104 valence electrons. The Hall–Kier alpha value is -1.47. The van der Waals surface area contributed by atoms with Crippen molar-refractivity contribution in [3.05, 3.63) is 45.2 Å². The van der Waals surface area contributed by atoms with Gasteiger partial charge in [-0.3, -0.25) is 4.79 Å². The summed E-state index contributed by atoms with van der Waals surface area (Å²) in [6, 6.07) is 7.51. The summed E-state index contributed by atoms with van der Waals surface area (Å²) in [6.07, 6.45) is 2.44. The maximum atomic E-state index is 11.9. The average molecular weight is 400 g/mol. The number of para-hydroxylation sites is 1. The summed E-state index contributed by atoms with van der Waals surface area (Å²) >= 11 is 6.45. The minimum atomic E-state index is -0.134. The van der Waals surface area contributed by atoms with E-state index < -0.39 is 0 Å². The van der Waals surface area contributed by atoms with Gasteiger partial charge in [0.2, 0.25) is 5.91 Å². The Bertz CT molecular complexity index is 634. The first-order valence-corrected chi connectivity index (χ1v) is 7.46. The van der Waals surface area contributed by atoms with Gasteiger partial charge in [-0.25, -0.2) is 9.97 Å². The number of amides is 1. The Morgan fingerprint density at radius 2 is 2.05 bits per heavy atom. The van der Waals surface area contributed by atoms with Crippen LogP contribution in [0.3, 0.4) is 0 Å². The Morgan fingerprint density at radius 1 is 1.30 bits per heavy atom. The normalized spacial score (nSPS) is 10.3. The number of hydrogen-bond donors (Lipinski definition) is 2. The van der Waals surface area contributed by atoms with Gasteiger partial charge in [-0.2, -0.15) is 0 Å². The van der Waals surface area contributed by atoms with Crippen LogP contribution < -0.4 is 11.1 Å². The Morgan fingerprint density at radius 3 is 2.75 bits per heavy atom. The van der Waals surface area contributed by atoms with Crippen molar-refractivity contribution in [2.24, 2.45) is 0 Å². The molecule has 1 aromatic heterocycles. The van der Waals surface area contributed by atoms with Crippen molar-refractivity contribution >= 4 is 49.3 Å². The maximum Gasteiger partial charge on any atom is 0.225 e. The second kappa shape index (κ2) is 6.81. The number of benzene rings is 1. The number of aromatic nitrogens is 2. The number of carbonyl (C=O) groups excluding carboxylic acids is 1. The van der Waals surface area contributed by atoms with Crippen molar-refractivity contribution in [3.8, 4) is 0 Å². The van der Waals surface area contributed by atoms with E-state index in [0.717, 1.165) is 5.56 Å². The molecular weight excluding hydrogens is 388 g/mol. The van der Waals surface area contributed by atoms with E-state index in [0.29, 0.717) is 33.6 Å².